The average Bonchev–Trinajstić information content (AvgIpc) is 2.96. The second-order valence-electron chi connectivity index (χ2n) is 12.8. The van der Waals surface area contributed by atoms with Crippen LogP contribution in [0.25, 0.3) is 0 Å². The minimum Gasteiger partial charge on any atom is -0.355 e. The summed E-state index contributed by atoms with van der Waals surface area (Å²) in [4.78, 5) is 15.0. The molecule has 0 radical (unpaired) electrons. The molecule has 0 aromatic carbocycles. The standard InChI is InChI=1S/C37H76N2O/c1-4-7-10-13-16-19-21-24-27-30-34-39(35-31-28-25-22-20-17-14-11-8-5-2)36-33-38-37(40)32-29-26-23-18-15-12-9-6-3/h4-36H2,1-3H3,(H,38,40). The molecule has 0 atom stereocenters. The number of carbonyl (C=O) groups is 1. The molecule has 40 heavy (non-hydrogen) atoms. The third kappa shape index (κ3) is 32.0. The maximum absolute atomic E-state index is 12.4. The summed E-state index contributed by atoms with van der Waals surface area (Å²) in [5.74, 6) is 0.267. The van der Waals surface area contributed by atoms with Crippen molar-refractivity contribution < 1.29 is 4.79 Å². The monoisotopic (exact) mass is 565 g/mol. The van der Waals surface area contributed by atoms with Crippen LogP contribution >= 0.6 is 0 Å². The molecule has 0 aliphatic rings. The Morgan fingerprint density at radius 3 is 1.05 bits per heavy atom. The largest absolute Gasteiger partial charge is 0.355 e. The quantitative estimate of drug-likeness (QED) is 0.0788. The topological polar surface area (TPSA) is 32.3 Å². The van der Waals surface area contributed by atoms with E-state index in [0.29, 0.717) is 6.42 Å². The van der Waals surface area contributed by atoms with E-state index in [0.717, 1.165) is 19.5 Å². The minimum atomic E-state index is 0.267. The number of carbonyl (C=O) groups excluding carboxylic acids is 1. The average molecular weight is 565 g/mol. The highest BCUT2D eigenvalue weighted by Gasteiger charge is 2.07. The molecule has 0 aromatic heterocycles. The Hall–Kier alpha value is -0.570. The van der Waals surface area contributed by atoms with Gasteiger partial charge in [-0.1, -0.05) is 181 Å². The van der Waals surface area contributed by atoms with Crippen molar-refractivity contribution in [3.8, 4) is 0 Å². The summed E-state index contributed by atoms with van der Waals surface area (Å²) in [5.41, 5.74) is 0. The van der Waals surface area contributed by atoms with E-state index < -0.39 is 0 Å². The van der Waals surface area contributed by atoms with E-state index in [4.69, 9.17) is 0 Å². The highest BCUT2D eigenvalue weighted by Crippen LogP contribution is 2.13. The molecular weight excluding hydrogens is 488 g/mol. The summed E-state index contributed by atoms with van der Waals surface area (Å²) in [6, 6.07) is 0. The molecule has 240 valence electrons. The Balaban J connectivity index is 4.02. The van der Waals surface area contributed by atoms with Crippen molar-refractivity contribution in [2.75, 3.05) is 26.2 Å². The molecule has 0 spiro atoms. The molecular formula is C37H76N2O. The molecule has 0 aliphatic heterocycles. The van der Waals surface area contributed by atoms with Crippen LogP contribution < -0.4 is 5.32 Å². The van der Waals surface area contributed by atoms with Crippen LogP contribution in [0.1, 0.15) is 207 Å². The van der Waals surface area contributed by atoms with Gasteiger partial charge in [-0.25, -0.2) is 0 Å². The number of unbranched alkanes of at least 4 members (excludes halogenated alkanes) is 25. The van der Waals surface area contributed by atoms with Crippen molar-refractivity contribution in [1.82, 2.24) is 10.2 Å². The van der Waals surface area contributed by atoms with Gasteiger partial charge in [0, 0.05) is 19.5 Å². The number of hydrogen-bond acceptors (Lipinski definition) is 2. The van der Waals surface area contributed by atoms with Crippen molar-refractivity contribution in [2.24, 2.45) is 0 Å². The zero-order valence-electron chi connectivity index (χ0n) is 28.2. The van der Waals surface area contributed by atoms with E-state index in [-0.39, 0.29) is 5.91 Å². The van der Waals surface area contributed by atoms with Crippen LogP contribution in [-0.2, 0) is 4.79 Å². The van der Waals surface area contributed by atoms with Gasteiger partial charge in [0.05, 0.1) is 0 Å². The van der Waals surface area contributed by atoms with E-state index in [1.54, 1.807) is 0 Å². The van der Waals surface area contributed by atoms with Gasteiger partial charge < -0.3 is 10.2 Å². The Morgan fingerprint density at radius 2 is 0.700 bits per heavy atom. The van der Waals surface area contributed by atoms with Crippen molar-refractivity contribution in [2.45, 2.75) is 207 Å². The Bertz CT molecular complexity index is 457. The lowest BCUT2D eigenvalue weighted by molar-refractivity contribution is -0.121. The molecule has 0 aromatic rings. The lowest BCUT2D eigenvalue weighted by Gasteiger charge is -2.22. The molecule has 1 N–H and O–H groups in total. The summed E-state index contributed by atoms with van der Waals surface area (Å²) in [6.45, 7) is 11.1. The van der Waals surface area contributed by atoms with Gasteiger partial charge in [-0.05, 0) is 32.4 Å². The highest BCUT2D eigenvalue weighted by atomic mass is 16.1. The fourth-order valence-electron chi connectivity index (χ4n) is 5.84. The smallest absolute Gasteiger partial charge is 0.220 e. The molecule has 0 fully saturated rings. The molecule has 0 unspecified atom stereocenters. The van der Waals surface area contributed by atoms with Gasteiger partial charge in [0.15, 0.2) is 0 Å². The van der Waals surface area contributed by atoms with Crippen LogP contribution in [-0.4, -0.2) is 37.0 Å². The third-order valence-corrected chi connectivity index (χ3v) is 8.66. The molecule has 1 amide bonds. The van der Waals surface area contributed by atoms with Gasteiger partial charge in [-0.2, -0.15) is 0 Å². The first-order valence-corrected chi connectivity index (χ1v) is 18.7. The van der Waals surface area contributed by atoms with Crippen LogP contribution in [0.4, 0.5) is 0 Å². The molecule has 0 aliphatic carbocycles. The maximum atomic E-state index is 12.4. The summed E-state index contributed by atoms with van der Waals surface area (Å²) < 4.78 is 0. The van der Waals surface area contributed by atoms with E-state index in [1.807, 2.05) is 0 Å². The second-order valence-corrected chi connectivity index (χ2v) is 12.8. The predicted molar refractivity (Wildman–Crippen MR) is 180 cm³/mol. The van der Waals surface area contributed by atoms with Crippen LogP contribution in [0.2, 0.25) is 0 Å². The first-order valence-electron chi connectivity index (χ1n) is 18.7. The van der Waals surface area contributed by atoms with Crippen molar-refractivity contribution in [1.29, 1.82) is 0 Å². The Morgan fingerprint density at radius 1 is 0.400 bits per heavy atom. The summed E-state index contributed by atoms with van der Waals surface area (Å²) >= 11 is 0. The number of nitrogens with one attached hydrogen (secondary N) is 1. The Labute approximate surface area is 253 Å². The number of hydrogen-bond donors (Lipinski definition) is 1. The predicted octanol–water partition coefficient (Wildman–Crippen LogP) is 11.8. The molecule has 0 saturated heterocycles. The van der Waals surface area contributed by atoms with Crippen LogP contribution in [0.3, 0.4) is 0 Å². The van der Waals surface area contributed by atoms with Gasteiger partial charge >= 0.3 is 0 Å². The second kappa shape index (κ2) is 34.6. The minimum absolute atomic E-state index is 0.267. The first kappa shape index (κ1) is 39.4. The van der Waals surface area contributed by atoms with Crippen LogP contribution in [0.15, 0.2) is 0 Å². The van der Waals surface area contributed by atoms with E-state index in [2.05, 4.69) is 31.0 Å². The zero-order valence-corrected chi connectivity index (χ0v) is 28.2. The van der Waals surface area contributed by atoms with Crippen molar-refractivity contribution in [3.63, 3.8) is 0 Å². The van der Waals surface area contributed by atoms with Gasteiger partial charge in [0.25, 0.3) is 0 Å². The first-order chi connectivity index (χ1) is 19.7. The lowest BCUT2D eigenvalue weighted by atomic mass is 10.1. The normalized spacial score (nSPS) is 11.5. The molecule has 3 heteroatoms. The number of nitrogens with zero attached hydrogens (tertiary/aromatic N) is 1. The molecule has 0 rings (SSSR count). The van der Waals surface area contributed by atoms with Gasteiger partial charge in [-0.3, -0.25) is 4.79 Å². The van der Waals surface area contributed by atoms with E-state index in [9.17, 15) is 4.79 Å². The van der Waals surface area contributed by atoms with Gasteiger partial charge in [0.1, 0.15) is 0 Å². The molecule has 3 nitrogen and oxygen atoms in total. The van der Waals surface area contributed by atoms with E-state index >= 15 is 0 Å². The molecule has 0 saturated carbocycles. The van der Waals surface area contributed by atoms with E-state index in [1.165, 1.54) is 186 Å². The van der Waals surface area contributed by atoms with Gasteiger partial charge in [-0.15, -0.1) is 0 Å². The van der Waals surface area contributed by atoms with Crippen molar-refractivity contribution >= 4 is 5.91 Å². The molecule has 0 heterocycles. The number of rotatable bonds is 34. The summed E-state index contributed by atoms with van der Waals surface area (Å²) in [7, 11) is 0. The fraction of sp³-hybridized carbons (Fsp3) is 0.973. The van der Waals surface area contributed by atoms with Crippen LogP contribution in [0, 0.1) is 0 Å². The summed E-state index contributed by atoms with van der Waals surface area (Å²) in [5, 5.41) is 3.23. The molecule has 0 bridgehead atoms. The fourth-order valence-corrected chi connectivity index (χ4v) is 5.84. The Kier molecular flexibility index (Phi) is 34.1. The number of amides is 1. The maximum Gasteiger partial charge on any atom is 0.220 e. The zero-order chi connectivity index (χ0) is 29.2. The van der Waals surface area contributed by atoms with Crippen LogP contribution in [0.5, 0.6) is 0 Å². The lowest BCUT2D eigenvalue weighted by Crippen LogP contribution is -2.36. The highest BCUT2D eigenvalue weighted by molar-refractivity contribution is 5.75. The SMILES string of the molecule is CCCCCCCCCCCCN(CCCCCCCCCCCC)CCNC(=O)CCCCCCCCCC. The summed E-state index contributed by atoms with van der Waals surface area (Å²) in [6.07, 6.45) is 39.0. The van der Waals surface area contributed by atoms with Crippen molar-refractivity contribution in [3.05, 3.63) is 0 Å². The third-order valence-electron chi connectivity index (χ3n) is 8.66. The van der Waals surface area contributed by atoms with Gasteiger partial charge in [0.2, 0.25) is 5.91 Å².